The van der Waals surface area contributed by atoms with Crippen molar-refractivity contribution in [3.63, 3.8) is 0 Å². The number of anilines is 1. The normalized spacial score (nSPS) is 23.6. The lowest BCUT2D eigenvalue weighted by Gasteiger charge is -2.35. The first kappa shape index (κ1) is 17.3. The maximum Gasteiger partial charge on any atom is 0.235 e. The van der Waals surface area contributed by atoms with Gasteiger partial charge in [0.05, 0.1) is 12.6 Å². The molecule has 0 aromatic heterocycles. The molecule has 5 nitrogen and oxygen atoms in total. The Kier molecular flexibility index (Phi) is 5.43. The number of ether oxygens (including phenoxy) is 1. The molecule has 1 aromatic rings. The minimum atomic E-state index is -1.02. The molecule has 2 saturated heterocycles. The number of piperazine rings is 1. The van der Waals surface area contributed by atoms with Crippen LogP contribution in [0.15, 0.2) is 24.3 Å². The molecule has 1 aromatic carbocycles. The van der Waals surface area contributed by atoms with Crippen molar-refractivity contribution in [1.82, 2.24) is 4.90 Å². The van der Waals surface area contributed by atoms with E-state index in [4.69, 9.17) is 4.74 Å². The maximum atomic E-state index is 12.4. The number of carbonyl (C=O) groups is 1. The van der Waals surface area contributed by atoms with Crippen molar-refractivity contribution in [2.24, 2.45) is 0 Å². The van der Waals surface area contributed by atoms with Crippen LogP contribution < -0.4 is 9.64 Å². The third kappa shape index (κ3) is 3.58. The van der Waals surface area contributed by atoms with E-state index in [2.05, 4.69) is 17.0 Å². The highest BCUT2D eigenvalue weighted by molar-refractivity contribution is 7.85. The second-order valence-corrected chi connectivity index (χ2v) is 8.03. The fraction of sp³-hybridized carbons (Fsp3) is 0.611. The number of rotatable bonds is 7. The lowest BCUT2D eigenvalue weighted by Crippen LogP contribution is -2.50. The highest BCUT2D eigenvalue weighted by Crippen LogP contribution is 2.35. The predicted octanol–water partition coefficient (Wildman–Crippen LogP) is 2.03. The SMILES string of the molecule is CCCS(=O)CC(=O)N1CC2C[C@H]1CN2c1ccc(OCC)cc1. The summed E-state index contributed by atoms with van der Waals surface area (Å²) in [6.07, 6.45) is 1.87. The topological polar surface area (TPSA) is 49.9 Å². The number of likely N-dealkylation sites (tertiary alicyclic amines) is 1. The number of fused-ring (bicyclic) bond motifs is 2. The van der Waals surface area contributed by atoms with Crippen molar-refractivity contribution in [2.45, 2.75) is 38.8 Å². The summed E-state index contributed by atoms with van der Waals surface area (Å²) in [6, 6.07) is 8.82. The zero-order chi connectivity index (χ0) is 17.1. The average molecular weight is 350 g/mol. The Hall–Kier alpha value is -1.56. The molecule has 2 unspecified atom stereocenters. The van der Waals surface area contributed by atoms with Crippen LogP contribution in [0.5, 0.6) is 5.75 Å². The van der Waals surface area contributed by atoms with E-state index in [1.807, 2.05) is 30.9 Å². The van der Waals surface area contributed by atoms with Gasteiger partial charge in [-0.15, -0.1) is 0 Å². The zero-order valence-corrected chi connectivity index (χ0v) is 15.3. The molecule has 3 atom stereocenters. The van der Waals surface area contributed by atoms with Crippen molar-refractivity contribution in [3.8, 4) is 5.75 Å². The molecule has 0 radical (unpaired) electrons. The van der Waals surface area contributed by atoms with Crippen LogP contribution in [0.3, 0.4) is 0 Å². The van der Waals surface area contributed by atoms with Gasteiger partial charge in [-0.05, 0) is 44.0 Å². The summed E-state index contributed by atoms with van der Waals surface area (Å²) in [5.74, 6) is 1.74. The second-order valence-electron chi connectivity index (χ2n) is 6.46. The Morgan fingerprint density at radius 2 is 1.96 bits per heavy atom. The van der Waals surface area contributed by atoms with Gasteiger partial charge in [-0.3, -0.25) is 9.00 Å². The molecule has 2 bridgehead atoms. The van der Waals surface area contributed by atoms with Gasteiger partial charge in [0.1, 0.15) is 11.5 Å². The highest BCUT2D eigenvalue weighted by Gasteiger charge is 2.45. The molecular weight excluding hydrogens is 324 g/mol. The fourth-order valence-corrected chi connectivity index (χ4v) is 4.75. The number of amides is 1. The molecule has 1 amide bonds. The number of benzene rings is 1. The number of nitrogens with zero attached hydrogens (tertiary/aromatic N) is 2. The smallest absolute Gasteiger partial charge is 0.235 e. The first-order valence-corrected chi connectivity index (χ1v) is 10.2. The number of hydrogen-bond acceptors (Lipinski definition) is 4. The average Bonchev–Trinajstić information content (AvgIpc) is 3.16. The van der Waals surface area contributed by atoms with E-state index in [-0.39, 0.29) is 17.7 Å². The Balaban J connectivity index is 1.58. The molecule has 2 aliphatic rings. The van der Waals surface area contributed by atoms with Crippen molar-refractivity contribution in [3.05, 3.63) is 24.3 Å². The zero-order valence-electron chi connectivity index (χ0n) is 14.4. The van der Waals surface area contributed by atoms with Gasteiger partial charge in [0, 0.05) is 41.4 Å². The van der Waals surface area contributed by atoms with E-state index in [1.54, 1.807) is 0 Å². The second kappa shape index (κ2) is 7.55. The Labute approximate surface area is 146 Å². The van der Waals surface area contributed by atoms with Gasteiger partial charge >= 0.3 is 0 Å². The van der Waals surface area contributed by atoms with Gasteiger partial charge in [0.25, 0.3) is 0 Å². The summed E-state index contributed by atoms with van der Waals surface area (Å²) < 4.78 is 17.3. The fourth-order valence-electron chi connectivity index (χ4n) is 3.71. The van der Waals surface area contributed by atoms with Crippen molar-refractivity contribution in [1.29, 1.82) is 0 Å². The molecule has 2 heterocycles. The summed E-state index contributed by atoms with van der Waals surface area (Å²) in [7, 11) is -1.02. The molecule has 2 fully saturated rings. The molecule has 2 aliphatic heterocycles. The number of hydrogen-bond donors (Lipinski definition) is 0. The van der Waals surface area contributed by atoms with Crippen LogP contribution in [0, 0.1) is 0 Å². The summed E-state index contributed by atoms with van der Waals surface area (Å²) in [4.78, 5) is 16.7. The Bertz CT molecular complexity index is 605. The van der Waals surface area contributed by atoms with Gasteiger partial charge in [-0.1, -0.05) is 6.92 Å². The van der Waals surface area contributed by atoms with Gasteiger partial charge in [0.15, 0.2) is 0 Å². The van der Waals surface area contributed by atoms with Gasteiger partial charge in [-0.2, -0.15) is 0 Å². The van der Waals surface area contributed by atoms with Crippen molar-refractivity contribution in [2.75, 3.05) is 36.1 Å². The largest absolute Gasteiger partial charge is 0.494 e. The van der Waals surface area contributed by atoms with E-state index in [0.29, 0.717) is 18.4 Å². The Morgan fingerprint density at radius 3 is 2.54 bits per heavy atom. The predicted molar refractivity (Wildman–Crippen MR) is 97.0 cm³/mol. The van der Waals surface area contributed by atoms with Gasteiger partial charge in [-0.25, -0.2) is 0 Å². The molecule has 0 N–H and O–H groups in total. The monoisotopic (exact) mass is 350 g/mol. The standard InChI is InChI=1S/C18H26N2O3S/c1-3-9-24(22)13-18(21)20-12-15-10-16(20)11-19(15)14-5-7-17(8-6-14)23-4-2/h5-8,15-16H,3-4,9-13H2,1-2H3/t15?,16-,24?/m0/s1. The molecule has 0 aliphatic carbocycles. The first-order chi connectivity index (χ1) is 11.6. The summed E-state index contributed by atoms with van der Waals surface area (Å²) >= 11 is 0. The minimum Gasteiger partial charge on any atom is -0.494 e. The quantitative estimate of drug-likeness (QED) is 0.755. The lowest BCUT2D eigenvalue weighted by molar-refractivity contribution is -0.129. The molecule has 3 rings (SSSR count). The highest BCUT2D eigenvalue weighted by atomic mass is 32.2. The third-order valence-corrected chi connectivity index (χ3v) is 6.19. The first-order valence-electron chi connectivity index (χ1n) is 8.76. The summed E-state index contributed by atoms with van der Waals surface area (Å²) in [5, 5.41) is 0. The third-order valence-electron chi connectivity index (χ3n) is 4.76. The minimum absolute atomic E-state index is 0.0561. The van der Waals surface area contributed by atoms with Crippen molar-refractivity contribution >= 4 is 22.4 Å². The van der Waals surface area contributed by atoms with Crippen LogP contribution in [0.1, 0.15) is 26.7 Å². The van der Waals surface area contributed by atoms with Crippen LogP contribution in [0.2, 0.25) is 0 Å². The van der Waals surface area contributed by atoms with E-state index < -0.39 is 10.8 Å². The molecule has 6 heteroatoms. The van der Waals surface area contributed by atoms with Crippen LogP contribution >= 0.6 is 0 Å². The van der Waals surface area contributed by atoms with E-state index in [1.165, 1.54) is 5.69 Å². The van der Waals surface area contributed by atoms with Crippen LogP contribution in [-0.2, 0) is 15.6 Å². The molecular formula is C18H26N2O3S. The van der Waals surface area contributed by atoms with E-state index in [9.17, 15) is 9.00 Å². The van der Waals surface area contributed by atoms with Crippen LogP contribution in [0.4, 0.5) is 5.69 Å². The molecule has 24 heavy (non-hydrogen) atoms. The molecule has 132 valence electrons. The van der Waals surface area contributed by atoms with Gasteiger partial charge < -0.3 is 14.5 Å². The van der Waals surface area contributed by atoms with Crippen molar-refractivity contribution < 1.29 is 13.7 Å². The van der Waals surface area contributed by atoms with Crippen LogP contribution in [-0.4, -0.2) is 58.3 Å². The van der Waals surface area contributed by atoms with E-state index >= 15 is 0 Å². The Morgan fingerprint density at radius 1 is 1.21 bits per heavy atom. The summed E-state index contributed by atoms with van der Waals surface area (Å²) in [6.45, 7) is 6.26. The van der Waals surface area contributed by atoms with Crippen LogP contribution in [0.25, 0.3) is 0 Å². The number of carbonyl (C=O) groups excluding carboxylic acids is 1. The summed E-state index contributed by atoms with van der Waals surface area (Å²) in [5.41, 5.74) is 1.19. The lowest BCUT2D eigenvalue weighted by atomic mass is 10.2. The van der Waals surface area contributed by atoms with E-state index in [0.717, 1.165) is 31.7 Å². The van der Waals surface area contributed by atoms with Gasteiger partial charge in [0.2, 0.25) is 5.91 Å². The molecule has 0 saturated carbocycles. The molecule has 0 spiro atoms. The maximum absolute atomic E-state index is 12.4.